The molecule has 2 nitrogen and oxygen atoms in total. The van der Waals surface area contributed by atoms with Gasteiger partial charge in [-0.3, -0.25) is 4.79 Å². The van der Waals surface area contributed by atoms with Crippen LogP contribution in [0.5, 0.6) is 0 Å². The minimum absolute atomic E-state index is 0.131. The molecule has 2 heteroatoms. The van der Waals surface area contributed by atoms with E-state index in [9.17, 15) is 4.79 Å². The number of carbonyl (C=O) groups is 1. The predicted octanol–water partition coefficient (Wildman–Crippen LogP) is 2.60. The first kappa shape index (κ1) is 11.3. The number of carbonyl (C=O) groups excluding carboxylic acids is 1. The molecule has 1 heterocycles. The van der Waals surface area contributed by atoms with E-state index < -0.39 is 0 Å². The lowest BCUT2D eigenvalue weighted by atomic mass is 10.1. The maximum absolute atomic E-state index is 11.8. The van der Waals surface area contributed by atoms with Crippen molar-refractivity contribution in [3.63, 3.8) is 0 Å². The number of rotatable bonds is 1. The first-order valence-corrected chi connectivity index (χ1v) is 5.49. The van der Waals surface area contributed by atoms with Crippen LogP contribution in [0.4, 0.5) is 0 Å². The van der Waals surface area contributed by atoms with Crippen molar-refractivity contribution in [2.75, 3.05) is 6.54 Å². The Kier molecular flexibility index (Phi) is 3.73. The highest BCUT2D eigenvalue weighted by Crippen LogP contribution is 2.21. The Bertz CT molecular complexity index is 234. The zero-order chi connectivity index (χ0) is 10.7. The van der Waals surface area contributed by atoms with Crippen molar-refractivity contribution in [2.45, 2.75) is 46.1 Å². The number of nitrogens with zero attached hydrogens (tertiary/aromatic N) is 1. The second-order valence-corrected chi connectivity index (χ2v) is 4.62. The molecule has 0 aliphatic carbocycles. The lowest BCUT2D eigenvalue weighted by molar-refractivity contribution is -0.129. The fourth-order valence-corrected chi connectivity index (χ4v) is 2.05. The molecule has 2 unspecified atom stereocenters. The molecule has 0 saturated carbocycles. The minimum atomic E-state index is 0.131. The molecule has 0 spiro atoms. The highest BCUT2D eigenvalue weighted by atomic mass is 16.2. The molecule has 14 heavy (non-hydrogen) atoms. The second-order valence-electron chi connectivity index (χ2n) is 4.62. The average Bonchev–Trinajstić information content (AvgIpc) is 2.27. The van der Waals surface area contributed by atoms with Crippen molar-refractivity contribution < 1.29 is 4.79 Å². The van der Waals surface area contributed by atoms with E-state index >= 15 is 0 Å². The van der Waals surface area contributed by atoms with Crippen molar-refractivity contribution in [3.8, 4) is 0 Å². The smallest absolute Gasteiger partial charge is 0.249 e. The molecule has 1 rings (SSSR count). The molecular formula is C12H21NO. The second kappa shape index (κ2) is 4.63. The summed E-state index contributed by atoms with van der Waals surface area (Å²) in [6.07, 6.45) is 3.61. The summed E-state index contributed by atoms with van der Waals surface area (Å²) in [5.41, 5.74) is 0.658. The van der Waals surface area contributed by atoms with E-state index in [2.05, 4.69) is 20.4 Å². The summed E-state index contributed by atoms with van der Waals surface area (Å²) in [5.74, 6) is 0.759. The normalized spacial score (nSPS) is 28.4. The topological polar surface area (TPSA) is 20.3 Å². The summed E-state index contributed by atoms with van der Waals surface area (Å²) in [5, 5.41) is 0. The van der Waals surface area contributed by atoms with Crippen molar-refractivity contribution in [1.29, 1.82) is 0 Å². The van der Waals surface area contributed by atoms with Crippen LogP contribution in [-0.2, 0) is 4.79 Å². The van der Waals surface area contributed by atoms with Gasteiger partial charge < -0.3 is 4.90 Å². The summed E-state index contributed by atoms with van der Waals surface area (Å²) >= 11 is 0. The van der Waals surface area contributed by atoms with E-state index in [1.54, 1.807) is 6.92 Å². The molecule has 1 saturated heterocycles. The van der Waals surface area contributed by atoms with Gasteiger partial charge in [0.25, 0.3) is 0 Å². The maximum Gasteiger partial charge on any atom is 0.249 e. The highest BCUT2D eigenvalue weighted by Gasteiger charge is 2.24. The lowest BCUT2D eigenvalue weighted by Crippen LogP contribution is -2.40. The fraction of sp³-hybridized carbons (Fsp3) is 0.750. The Hall–Kier alpha value is -0.790. The van der Waals surface area contributed by atoms with Gasteiger partial charge in [-0.05, 0) is 32.6 Å². The van der Waals surface area contributed by atoms with Gasteiger partial charge in [0, 0.05) is 18.2 Å². The summed E-state index contributed by atoms with van der Waals surface area (Å²) in [6.45, 7) is 10.8. The van der Waals surface area contributed by atoms with Gasteiger partial charge in [-0.2, -0.15) is 0 Å². The van der Waals surface area contributed by atoms with Crippen molar-refractivity contribution in [3.05, 3.63) is 12.2 Å². The molecule has 1 aliphatic heterocycles. The first-order chi connectivity index (χ1) is 6.52. The van der Waals surface area contributed by atoms with Crippen molar-refractivity contribution in [2.24, 2.45) is 5.92 Å². The molecule has 2 atom stereocenters. The van der Waals surface area contributed by atoms with Crippen LogP contribution < -0.4 is 0 Å². The summed E-state index contributed by atoms with van der Waals surface area (Å²) in [4.78, 5) is 13.8. The molecule has 0 aromatic heterocycles. The third-order valence-corrected chi connectivity index (χ3v) is 2.99. The van der Waals surface area contributed by atoms with E-state index in [0.717, 1.165) is 13.0 Å². The Morgan fingerprint density at radius 3 is 2.57 bits per heavy atom. The number of likely N-dealkylation sites (tertiary alicyclic amines) is 1. The molecule has 1 fully saturated rings. The fourth-order valence-electron chi connectivity index (χ4n) is 2.05. The van der Waals surface area contributed by atoms with Gasteiger partial charge in [0.05, 0.1) is 0 Å². The van der Waals surface area contributed by atoms with Crippen LogP contribution in [0, 0.1) is 5.92 Å². The van der Waals surface area contributed by atoms with Gasteiger partial charge >= 0.3 is 0 Å². The van der Waals surface area contributed by atoms with Crippen LogP contribution >= 0.6 is 0 Å². The van der Waals surface area contributed by atoms with Gasteiger partial charge in [-0.15, -0.1) is 0 Å². The first-order valence-electron chi connectivity index (χ1n) is 5.49. The molecule has 0 aromatic carbocycles. The largest absolute Gasteiger partial charge is 0.336 e. The SMILES string of the molecule is C=C(C)C(=O)N1CC(C)CCCC1C. The minimum Gasteiger partial charge on any atom is -0.336 e. The van der Waals surface area contributed by atoms with Gasteiger partial charge in [-0.25, -0.2) is 0 Å². The lowest BCUT2D eigenvalue weighted by Gasteiger charge is -2.28. The third kappa shape index (κ3) is 2.60. The average molecular weight is 195 g/mol. The van der Waals surface area contributed by atoms with E-state index in [4.69, 9.17) is 0 Å². The van der Waals surface area contributed by atoms with Crippen molar-refractivity contribution in [1.82, 2.24) is 4.90 Å². The van der Waals surface area contributed by atoms with Gasteiger partial charge in [0.2, 0.25) is 5.91 Å². The standard InChI is InChI=1S/C12H21NO/c1-9(2)12(14)13-8-10(3)6-5-7-11(13)4/h10-11H,1,5-8H2,2-4H3. The number of hydrogen-bond donors (Lipinski definition) is 0. The molecule has 0 aromatic rings. The van der Waals surface area contributed by atoms with Crippen LogP contribution in [0.25, 0.3) is 0 Å². The Morgan fingerprint density at radius 1 is 1.36 bits per heavy atom. The number of amides is 1. The van der Waals surface area contributed by atoms with Crippen LogP contribution in [0.1, 0.15) is 40.0 Å². The third-order valence-electron chi connectivity index (χ3n) is 2.99. The molecule has 1 amide bonds. The summed E-state index contributed by atoms with van der Waals surface area (Å²) < 4.78 is 0. The van der Waals surface area contributed by atoms with Gasteiger partial charge in [-0.1, -0.05) is 19.9 Å². The Balaban J connectivity index is 2.72. The molecule has 80 valence electrons. The Morgan fingerprint density at radius 2 is 2.00 bits per heavy atom. The molecule has 0 bridgehead atoms. The van der Waals surface area contributed by atoms with Crippen LogP contribution in [0.15, 0.2) is 12.2 Å². The number of hydrogen-bond acceptors (Lipinski definition) is 1. The highest BCUT2D eigenvalue weighted by molar-refractivity contribution is 5.92. The molecule has 1 aliphatic rings. The zero-order valence-corrected chi connectivity index (χ0v) is 9.55. The quantitative estimate of drug-likeness (QED) is 0.589. The van der Waals surface area contributed by atoms with Gasteiger partial charge in [0.1, 0.15) is 0 Å². The molecular weight excluding hydrogens is 174 g/mol. The molecule has 0 radical (unpaired) electrons. The summed E-state index contributed by atoms with van der Waals surface area (Å²) in [7, 11) is 0. The van der Waals surface area contributed by atoms with Crippen LogP contribution in [0.3, 0.4) is 0 Å². The van der Waals surface area contributed by atoms with E-state index in [0.29, 0.717) is 17.5 Å². The van der Waals surface area contributed by atoms with Crippen molar-refractivity contribution >= 4 is 5.91 Å². The zero-order valence-electron chi connectivity index (χ0n) is 9.55. The van der Waals surface area contributed by atoms with E-state index in [-0.39, 0.29) is 5.91 Å². The van der Waals surface area contributed by atoms with E-state index in [1.165, 1.54) is 12.8 Å². The molecule has 0 N–H and O–H groups in total. The van der Waals surface area contributed by atoms with Crippen LogP contribution in [0.2, 0.25) is 0 Å². The summed E-state index contributed by atoms with van der Waals surface area (Å²) in [6, 6.07) is 0.379. The van der Waals surface area contributed by atoms with Gasteiger partial charge in [0.15, 0.2) is 0 Å². The monoisotopic (exact) mass is 195 g/mol. The Labute approximate surface area is 87.0 Å². The predicted molar refractivity (Wildman–Crippen MR) is 59.0 cm³/mol. The maximum atomic E-state index is 11.8. The van der Waals surface area contributed by atoms with E-state index in [1.807, 2.05) is 4.90 Å². The van der Waals surface area contributed by atoms with Crippen LogP contribution in [-0.4, -0.2) is 23.4 Å².